The Hall–Kier alpha value is -0.710. The molecule has 0 bridgehead atoms. The first-order chi connectivity index (χ1) is 4.13. The van der Waals surface area contributed by atoms with Crippen molar-refractivity contribution in [2.45, 2.75) is 0 Å². The highest BCUT2D eigenvalue weighted by Crippen LogP contribution is 2.23. The zero-order chi connectivity index (χ0) is 7.02. The average molecular weight is 191 g/mol. The Labute approximate surface area is 61.0 Å². The third-order valence-corrected chi connectivity index (χ3v) is 1.87. The summed E-state index contributed by atoms with van der Waals surface area (Å²) in [6, 6.07) is 0. The monoisotopic (exact) mass is 190 g/mol. The van der Waals surface area contributed by atoms with Gasteiger partial charge in [-0.1, -0.05) is 0 Å². The number of anilines is 2. The molecule has 0 spiro atoms. The van der Waals surface area contributed by atoms with Gasteiger partial charge in [0.15, 0.2) is 5.82 Å². The van der Waals surface area contributed by atoms with E-state index in [-0.39, 0.29) is 0 Å². The van der Waals surface area contributed by atoms with Gasteiger partial charge in [-0.3, -0.25) is 0 Å². The predicted octanol–water partition coefficient (Wildman–Crippen LogP) is 0.347. The molecule has 4 N–H and O–H groups in total. The molecule has 0 fully saturated rings. The summed E-state index contributed by atoms with van der Waals surface area (Å²) in [4.78, 5) is 0. The Kier molecular flexibility index (Phi) is 1.36. The van der Waals surface area contributed by atoms with E-state index in [1.807, 2.05) is 0 Å². The summed E-state index contributed by atoms with van der Waals surface area (Å²) in [6.07, 6.45) is 0. The second-order valence-corrected chi connectivity index (χ2v) is 2.50. The molecule has 1 rings (SSSR count). The molecule has 0 unspecified atom stereocenters. The lowest BCUT2D eigenvalue weighted by Gasteiger charge is -1.89. The zero-order valence-corrected chi connectivity index (χ0v) is 6.51. The molecule has 1 aromatic heterocycles. The number of nitrogens with zero attached hydrogens (tertiary/aromatic N) is 2. The number of halogens is 1. The van der Waals surface area contributed by atoms with Crippen LogP contribution in [-0.4, -0.2) is 9.78 Å². The fraction of sp³-hybridized carbons (Fsp3) is 0.250. The molecule has 0 aliphatic carbocycles. The van der Waals surface area contributed by atoms with Crippen molar-refractivity contribution in [1.82, 2.24) is 9.78 Å². The van der Waals surface area contributed by atoms with E-state index in [0.717, 1.165) is 0 Å². The fourth-order valence-electron chi connectivity index (χ4n) is 0.533. The van der Waals surface area contributed by atoms with Crippen molar-refractivity contribution in [2.24, 2.45) is 7.05 Å². The Balaban J connectivity index is 3.29. The highest BCUT2D eigenvalue weighted by molar-refractivity contribution is 9.10. The van der Waals surface area contributed by atoms with Gasteiger partial charge in [-0.2, -0.15) is 5.10 Å². The van der Waals surface area contributed by atoms with Crippen molar-refractivity contribution in [3.8, 4) is 0 Å². The van der Waals surface area contributed by atoms with E-state index in [0.29, 0.717) is 16.1 Å². The van der Waals surface area contributed by atoms with Gasteiger partial charge < -0.3 is 11.5 Å². The van der Waals surface area contributed by atoms with E-state index >= 15 is 0 Å². The van der Waals surface area contributed by atoms with E-state index < -0.39 is 0 Å². The predicted molar refractivity (Wildman–Crippen MR) is 39.7 cm³/mol. The maximum absolute atomic E-state index is 5.48. The molecular formula is C4H7BrN4. The molecule has 50 valence electrons. The molecule has 1 heterocycles. The maximum atomic E-state index is 5.48. The zero-order valence-electron chi connectivity index (χ0n) is 4.93. The number of nitrogen functional groups attached to an aromatic ring is 2. The molecule has 4 nitrogen and oxygen atoms in total. The van der Waals surface area contributed by atoms with Gasteiger partial charge in [-0.25, -0.2) is 4.68 Å². The van der Waals surface area contributed by atoms with Crippen molar-refractivity contribution in [1.29, 1.82) is 0 Å². The number of rotatable bonds is 0. The normalized spacial score (nSPS) is 10.0. The van der Waals surface area contributed by atoms with E-state index in [1.54, 1.807) is 7.05 Å². The number of nitrogens with two attached hydrogens (primary N) is 2. The highest BCUT2D eigenvalue weighted by Gasteiger charge is 2.05. The van der Waals surface area contributed by atoms with Gasteiger partial charge in [0.1, 0.15) is 10.3 Å². The second-order valence-electron chi connectivity index (χ2n) is 1.71. The third-order valence-electron chi connectivity index (χ3n) is 1.06. The Bertz CT molecular complexity index is 206. The van der Waals surface area contributed by atoms with Crippen molar-refractivity contribution >= 4 is 27.6 Å². The summed E-state index contributed by atoms with van der Waals surface area (Å²) < 4.78 is 2.18. The van der Waals surface area contributed by atoms with Crippen LogP contribution in [0.4, 0.5) is 11.6 Å². The fourth-order valence-corrected chi connectivity index (χ4v) is 0.869. The van der Waals surface area contributed by atoms with Crippen LogP contribution in [0.2, 0.25) is 0 Å². The van der Waals surface area contributed by atoms with Crippen LogP contribution in [0.25, 0.3) is 0 Å². The van der Waals surface area contributed by atoms with Crippen LogP contribution in [0.1, 0.15) is 0 Å². The van der Waals surface area contributed by atoms with E-state index in [2.05, 4.69) is 21.0 Å². The van der Waals surface area contributed by atoms with Gasteiger partial charge in [0, 0.05) is 7.05 Å². The van der Waals surface area contributed by atoms with Gasteiger partial charge in [0.25, 0.3) is 0 Å². The summed E-state index contributed by atoms with van der Waals surface area (Å²) in [7, 11) is 1.73. The molecule has 0 radical (unpaired) electrons. The van der Waals surface area contributed by atoms with Gasteiger partial charge in [-0.15, -0.1) is 0 Å². The lowest BCUT2D eigenvalue weighted by atomic mass is 10.6. The second kappa shape index (κ2) is 1.91. The first-order valence-corrected chi connectivity index (χ1v) is 3.15. The molecule has 0 atom stereocenters. The SMILES string of the molecule is Cn1nc(N)c(Br)c1N. The standard InChI is InChI=1S/C4H7BrN4/c1-9-4(7)2(5)3(6)8-9/h7H2,1H3,(H2,6,8). The minimum atomic E-state index is 0.426. The summed E-state index contributed by atoms with van der Waals surface area (Å²) in [5.41, 5.74) is 10.9. The molecule has 0 aliphatic heterocycles. The van der Waals surface area contributed by atoms with Crippen LogP contribution >= 0.6 is 15.9 Å². The molecule has 1 aromatic rings. The minimum absolute atomic E-state index is 0.426. The number of aryl methyl sites for hydroxylation is 1. The average Bonchev–Trinajstić information content (AvgIpc) is 1.98. The maximum Gasteiger partial charge on any atom is 0.162 e. The van der Waals surface area contributed by atoms with Crippen LogP contribution in [0.5, 0.6) is 0 Å². The molecule has 0 amide bonds. The molecule has 0 saturated heterocycles. The molecule has 0 aliphatic rings. The quantitative estimate of drug-likeness (QED) is 0.621. The summed E-state index contributed by atoms with van der Waals surface area (Å²) in [6.45, 7) is 0. The Morgan fingerprint density at radius 3 is 2.22 bits per heavy atom. The molecular weight excluding hydrogens is 184 g/mol. The summed E-state index contributed by atoms with van der Waals surface area (Å²) in [5, 5.41) is 3.83. The van der Waals surface area contributed by atoms with Crippen molar-refractivity contribution in [3.63, 3.8) is 0 Å². The lowest BCUT2D eigenvalue weighted by molar-refractivity contribution is 0.783. The number of hydrogen-bond acceptors (Lipinski definition) is 3. The van der Waals surface area contributed by atoms with Crippen molar-refractivity contribution < 1.29 is 0 Å². The topological polar surface area (TPSA) is 69.9 Å². The van der Waals surface area contributed by atoms with Crippen molar-refractivity contribution in [3.05, 3.63) is 4.47 Å². The first kappa shape index (κ1) is 6.41. The first-order valence-electron chi connectivity index (χ1n) is 2.36. The van der Waals surface area contributed by atoms with Crippen LogP contribution in [0.3, 0.4) is 0 Å². The molecule has 0 aromatic carbocycles. The van der Waals surface area contributed by atoms with Crippen LogP contribution in [0, 0.1) is 0 Å². The summed E-state index contributed by atoms with van der Waals surface area (Å²) in [5.74, 6) is 0.975. The van der Waals surface area contributed by atoms with Crippen LogP contribution in [-0.2, 0) is 7.05 Å². The largest absolute Gasteiger partial charge is 0.383 e. The van der Waals surface area contributed by atoms with Gasteiger partial charge >= 0.3 is 0 Å². The Morgan fingerprint density at radius 2 is 2.11 bits per heavy atom. The van der Waals surface area contributed by atoms with Crippen LogP contribution < -0.4 is 11.5 Å². The van der Waals surface area contributed by atoms with E-state index in [9.17, 15) is 0 Å². The third kappa shape index (κ3) is 0.873. The molecule has 5 heteroatoms. The van der Waals surface area contributed by atoms with E-state index in [4.69, 9.17) is 11.5 Å². The van der Waals surface area contributed by atoms with Gasteiger partial charge in [-0.05, 0) is 15.9 Å². The van der Waals surface area contributed by atoms with Crippen LogP contribution in [0.15, 0.2) is 4.47 Å². The lowest BCUT2D eigenvalue weighted by Crippen LogP contribution is -1.97. The molecule has 9 heavy (non-hydrogen) atoms. The van der Waals surface area contributed by atoms with Gasteiger partial charge in [0.05, 0.1) is 0 Å². The van der Waals surface area contributed by atoms with Gasteiger partial charge in [0.2, 0.25) is 0 Å². The van der Waals surface area contributed by atoms with E-state index in [1.165, 1.54) is 4.68 Å². The minimum Gasteiger partial charge on any atom is -0.383 e. The smallest absolute Gasteiger partial charge is 0.162 e. The Morgan fingerprint density at radius 1 is 1.56 bits per heavy atom. The highest BCUT2D eigenvalue weighted by atomic mass is 79.9. The number of hydrogen-bond donors (Lipinski definition) is 2. The molecule has 0 saturated carbocycles. The van der Waals surface area contributed by atoms with Crippen molar-refractivity contribution in [2.75, 3.05) is 11.5 Å². The number of aromatic nitrogens is 2. The summed E-state index contributed by atoms with van der Waals surface area (Å²) >= 11 is 3.17.